The van der Waals surface area contributed by atoms with E-state index in [1.54, 1.807) is 6.07 Å². The van der Waals surface area contributed by atoms with Crippen LogP contribution in [0.15, 0.2) is 18.2 Å². The number of rotatable bonds is 2. The Hall–Kier alpha value is -0.700. The van der Waals surface area contributed by atoms with Crippen molar-refractivity contribution in [2.75, 3.05) is 0 Å². The van der Waals surface area contributed by atoms with Crippen molar-refractivity contribution in [3.8, 4) is 0 Å². The van der Waals surface area contributed by atoms with Crippen molar-refractivity contribution in [1.82, 2.24) is 0 Å². The third kappa shape index (κ3) is 3.00. The number of hydrogen-bond donors (Lipinski definition) is 0. The van der Waals surface area contributed by atoms with Crippen LogP contribution >= 0.6 is 11.6 Å². The first-order chi connectivity index (χ1) is 8.52. The normalized spacial score (nSPS) is 18.0. The number of alkyl halides is 4. The fourth-order valence-electron chi connectivity index (χ4n) is 2.70. The lowest BCUT2D eigenvalue weighted by Gasteiger charge is -2.25. The molecule has 0 N–H and O–H groups in total. The largest absolute Gasteiger partial charge is 0.416 e. The molecular formula is C14H16ClF3. The van der Waals surface area contributed by atoms with Gasteiger partial charge in [0.1, 0.15) is 0 Å². The second-order valence-corrected chi connectivity index (χ2v) is 5.16. The number of benzene rings is 1. The molecule has 0 saturated heterocycles. The highest BCUT2D eigenvalue weighted by atomic mass is 35.5. The van der Waals surface area contributed by atoms with E-state index in [0.29, 0.717) is 5.56 Å². The maximum atomic E-state index is 13.0. The molecule has 0 unspecified atom stereocenters. The predicted octanol–water partition coefficient (Wildman–Crippen LogP) is 5.49. The van der Waals surface area contributed by atoms with Crippen LogP contribution in [-0.4, -0.2) is 0 Å². The number of hydrogen-bond acceptors (Lipinski definition) is 0. The van der Waals surface area contributed by atoms with E-state index >= 15 is 0 Å². The van der Waals surface area contributed by atoms with Gasteiger partial charge in [-0.25, -0.2) is 0 Å². The van der Waals surface area contributed by atoms with Crippen molar-refractivity contribution in [3.05, 3.63) is 34.9 Å². The fourth-order valence-corrected chi connectivity index (χ4v) is 2.87. The van der Waals surface area contributed by atoms with Crippen LogP contribution in [0.5, 0.6) is 0 Å². The minimum absolute atomic E-state index is 0.0403. The van der Waals surface area contributed by atoms with E-state index < -0.39 is 11.7 Å². The zero-order chi connectivity index (χ0) is 13.2. The molecule has 0 nitrogen and oxygen atoms in total. The van der Waals surface area contributed by atoms with Crippen molar-refractivity contribution in [2.24, 2.45) is 0 Å². The second-order valence-electron chi connectivity index (χ2n) is 4.89. The van der Waals surface area contributed by atoms with Crippen molar-refractivity contribution < 1.29 is 13.2 Å². The smallest absolute Gasteiger partial charge is 0.166 e. The molecule has 2 rings (SSSR count). The average Bonchev–Trinajstić information content (AvgIpc) is 2.38. The van der Waals surface area contributed by atoms with Gasteiger partial charge in [0.15, 0.2) is 0 Å². The Balaban J connectivity index is 2.40. The summed E-state index contributed by atoms with van der Waals surface area (Å²) in [5.74, 6) is 0.302. The van der Waals surface area contributed by atoms with Crippen LogP contribution in [0.25, 0.3) is 0 Å². The van der Waals surface area contributed by atoms with Crippen molar-refractivity contribution in [3.63, 3.8) is 0 Å². The molecule has 0 radical (unpaired) electrons. The first-order valence-corrected chi connectivity index (χ1v) is 6.82. The van der Waals surface area contributed by atoms with Gasteiger partial charge < -0.3 is 0 Å². The van der Waals surface area contributed by atoms with Crippen LogP contribution in [-0.2, 0) is 12.1 Å². The molecule has 0 aliphatic heterocycles. The predicted molar refractivity (Wildman–Crippen MR) is 66.8 cm³/mol. The average molecular weight is 277 g/mol. The fraction of sp³-hybridized carbons (Fsp3) is 0.571. The molecule has 1 fully saturated rings. The van der Waals surface area contributed by atoms with E-state index in [1.165, 1.54) is 12.1 Å². The molecule has 0 spiro atoms. The van der Waals surface area contributed by atoms with Gasteiger partial charge in [0, 0.05) is 5.88 Å². The molecular weight excluding hydrogens is 261 g/mol. The molecule has 0 aromatic heterocycles. The SMILES string of the molecule is FC(F)(F)c1ccc(CCl)cc1C1CCCCC1. The van der Waals surface area contributed by atoms with Crippen LogP contribution in [0.2, 0.25) is 0 Å². The maximum Gasteiger partial charge on any atom is 0.416 e. The van der Waals surface area contributed by atoms with E-state index in [1.807, 2.05) is 0 Å². The first-order valence-electron chi connectivity index (χ1n) is 6.28. The van der Waals surface area contributed by atoms with Gasteiger partial charge in [-0.15, -0.1) is 11.6 Å². The van der Waals surface area contributed by atoms with E-state index in [4.69, 9.17) is 11.6 Å². The summed E-state index contributed by atoms with van der Waals surface area (Å²) in [5.41, 5.74) is 0.730. The van der Waals surface area contributed by atoms with Crippen LogP contribution in [0.4, 0.5) is 13.2 Å². The quantitative estimate of drug-likeness (QED) is 0.626. The van der Waals surface area contributed by atoms with Crippen LogP contribution in [0, 0.1) is 0 Å². The Bertz CT molecular complexity index is 406. The number of halogens is 4. The minimum Gasteiger partial charge on any atom is -0.166 e. The molecule has 0 heterocycles. The lowest BCUT2D eigenvalue weighted by atomic mass is 9.81. The molecule has 0 bridgehead atoms. The van der Waals surface area contributed by atoms with Crippen LogP contribution < -0.4 is 0 Å². The Morgan fingerprint density at radius 2 is 1.78 bits per heavy atom. The van der Waals surface area contributed by atoms with E-state index in [-0.39, 0.29) is 11.8 Å². The molecule has 0 amide bonds. The highest BCUT2D eigenvalue weighted by Crippen LogP contribution is 2.41. The Morgan fingerprint density at radius 1 is 1.11 bits per heavy atom. The Labute approximate surface area is 110 Å². The molecule has 1 saturated carbocycles. The van der Waals surface area contributed by atoms with E-state index in [0.717, 1.165) is 37.7 Å². The summed E-state index contributed by atoms with van der Waals surface area (Å²) in [7, 11) is 0. The summed E-state index contributed by atoms with van der Waals surface area (Å²) in [4.78, 5) is 0. The van der Waals surface area contributed by atoms with Gasteiger partial charge in [-0.2, -0.15) is 13.2 Å². The third-order valence-corrected chi connectivity index (χ3v) is 3.93. The summed E-state index contributed by atoms with van der Waals surface area (Å²) in [6.07, 6.45) is 0.619. The lowest BCUT2D eigenvalue weighted by Crippen LogP contribution is -2.14. The van der Waals surface area contributed by atoms with Gasteiger partial charge in [0.05, 0.1) is 5.56 Å². The minimum atomic E-state index is -4.27. The molecule has 1 aliphatic carbocycles. The van der Waals surface area contributed by atoms with E-state index in [2.05, 4.69) is 0 Å². The van der Waals surface area contributed by atoms with Crippen molar-refractivity contribution >= 4 is 11.6 Å². The van der Waals surface area contributed by atoms with Gasteiger partial charge in [0.25, 0.3) is 0 Å². The standard InChI is InChI=1S/C14H16ClF3/c15-9-10-6-7-13(14(16,17)18)12(8-10)11-4-2-1-3-5-11/h6-8,11H,1-5,9H2. The summed E-state index contributed by atoms with van der Waals surface area (Å²) in [6.45, 7) is 0. The van der Waals surface area contributed by atoms with Gasteiger partial charge in [-0.05, 0) is 36.0 Å². The first kappa shape index (κ1) is 13.7. The topological polar surface area (TPSA) is 0 Å². The summed E-state index contributed by atoms with van der Waals surface area (Å²) < 4.78 is 39.0. The summed E-state index contributed by atoms with van der Waals surface area (Å²) >= 11 is 5.72. The Morgan fingerprint density at radius 3 is 2.33 bits per heavy atom. The molecule has 1 aromatic rings. The van der Waals surface area contributed by atoms with Crippen molar-refractivity contribution in [1.29, 1.82) is 0 Å². The van der Waals surface area contributed by atoms with E-state index in [9.17, 15) is 13.2 Å². The molecule has 4 heteroatoms. The van der Waals surface area contributed by atoms with Gasteiger partial charge >= 0.3 is 6.18 Å². The maximum absolute atomic E-state index is 13.0. The highest BCUT2D eigenvalue weighted by Gasteiger charge is 2.35. The monoisotopic (exact) mass is 276 g/mol. The zero-order valence-corrected chi connectivity index (χ0v) is 10.8. The summed E-state index contributed by atoms with van der Waals surface area (Å²) in [5, 5.41) is 0. The molecule has 100 valence electrons. The van der Waals surface area contributed by atoms with Gasteiger partial charge in [0.2, 0.25) is 0 Å². The highest BCUT2D eigenvalue weighted by molar-refractivity contribution is 6.17. The lowest BCUT2D eigenvalue weighted by molar-refractivity contribution is -0.138. The van der Waals surface area contributed by atoms with Crippen LogP contribution in [0.3, 0.4) is 0 Å². The Kier molecular flexibility index (Phi) is 4.21. The van der Waals surface area contributed by atoms with Crippen molar-refractivity contribution in [2.45, 2.75) is 50.1 Å². The molecule has 18 heavy (non-hydrogen) atoms. The second kappa shape index (κ2) is 5.52. The third-order valence-electron chi connectivity index (χ3n) is 3.62. The van der Waals surface area contributed by atoms with Crippen LogP contribution in [0.1, 0.15) is 54.7 Å². The van der Waals surface area contributed by atoms with Gasteiger partial charge in [-0.1, -0.05) is 31.4 Å². The molecule has 1 aromatic carbocycles. The molecule has 1 aliphatic rings. The zero-order valence-electron chi connectivity index (χ0n) is 10.1. The molecule has 0 atom stereocenters. The summed E-state index contributed by atoms with van der Waals surface area (Å²) in [6, 6.07) is 4.30. The van der Waals surface area contributed by atoms with Gasteiger partial charge in [-0.3, -0.25) is 0 Å².